The van der Waals surface area contributed by atoms with E-state index in [2.05, 4.69) is 8.75 Å². The van der Waals surface area contributed by atoms with Crippen molar-refractivity contribution >= 4 is 38.7 Å². The molecule has 1 amide bonds. The van der Waals surface area contributed by atoms with E-state index in [0.717, 1.165) is 44.1 Å². The van der Waals surface area contributed by atoms with Gasteiger partial charge in [0.25, 0.3) is 0 Å². The van der Waals surface area contributed by atoms with Crippen LogP contribution in [0.4, 0.5) is 0 Å². The highest BCUT2D eigenvalue weighted by Crippen LogP contribution is 2.31. The van der Waals surface area contributed by atoms with Crippen molar-refractivity contribution in [1.29, 1.82) is 0 Å². The molecule has 0 radical (unpaired) electrons. The van der Waals surface area contributed by atoms with Crippen molar-refractivity contribution in [2.24, 2.45) is 0 Å². The van der Waals surface area contributed by atoms with E-state index in [1.165, 1.54) is 4.31 Å². The number of benzene rings is 1. The van der Waals surface area contributed by atoms with E-state index < -0.39 is 16.1 Å². The molecule has 2 aliphatic heterocycles. The van der Waals surface area contributed by atoms with E-state index in [1.54, 1.807) is 18.2 Å². The van der Waals surface area contributed by atoms with E-state index in [9.17, 15) is 13.2 Å². The molecule has 2 fully saturated rings. The minimum absolute atomic E-state index is 0.0515. The summed E-state index contributed by atoms with van der Waals surface area (Å²) in [6.07, 6.45) is 4.41. The number of piperidine rings is 1. The molecule has 9 heteroatoms. The summed E-state index contributed by atoms with van der Waals surface area (Å²) < 4.78 is 36.1. The zero-order valence-electron chi connectivity index (χ0n) is 13.8. The number of hydrogen-bond acceptors (Lipinski definition) is 6. The van der Waals surface area contributed by atoms with Gasteiger partial charge in [-0.05, 0) is 44.2 Å². The fourth-order valence-corrected chi connectivity index (χ4v) is 6.12. The van der Waals surface area contributed by atoms with Crippen molar-refractivity contribution in [2.75, 3.05) is 19.6 Å². The lowest BCUT2D eigenvalue weighted by atomic mass is 10.1. The number of rotatable bonds is 3. The van der Waals surface area contributed by atoms with Gasteiger partial charge >= 0.3 is 0 Å². The molecule has 134 valence electrons. The second-order valence-electron chi connectivity index (χ2n) is 6.55. The number of likely N-dealkylation sites (tertiary alicyclic amines) is 1. The van der Waals surface area contributed by atoms with Gasteiger partial charge in [0, 0.05) is 19.6 Å². The van der Waals surface area contributed by atoms with Crippen molar-refractivity contribution in [3.05, 3.63) is 18.2 Å². The molecule has 0 aliphatic carbocycles. The highest BCUT2D eigenvalue weighted by molar-refractivity contribution is 7.89. The van der Waals surface area contributed by atoms with Crippen LogP contribution < -0.4 is 0 Å². The zero-order valence-corrected chi connectivity index (χ0v) is 15.4. The number of hydrogen-bond donors (Lipinski definition) is 0. The van der Waals surface area contributed by atoms with Crippen LogP contribution in [0.15, 0.2) is 23.1 Å². The lowest BCUT2D eigenvalue weighted by Gasteiger charge is -2.32. The van der Waals surface area contributed by atoms with Gasteiger partial charge in [-0.15, -0.1) is 0 Å². The standard InChI is InChI=1S/C16H20N4O3S2/c21-16(19-9-2-1-3-10-19)13-7-5-11-20(13)25(22,23)14-8-4-6-12-15(14)18-24-17-12/h4,6,8,13H,1-3,5,7,9-11H2/t13-/m1/s1. The molecule has 0 bridgehead atoms. The summed E-state index contributed by atoms with van der Waals surface area (Å²) in [5.41, 5.74) is 0.966. The first kappa shape index (κ1) is 16.9. The van der Waals surface area contributed by atoms with Gasteiger partial charge in [-0.25, -0.2) is 8.42 Å². The topological polar surface area (TPSA) is 83.5 Å². The van der Waals surface area contributed by atoms with Gasteiger partial charge in [0.15, 0.2) is 0 Å². The van der Waals surface area contributed by atoms with E-state index in [0.29, 0.717) is 30.4 Å². The molecule has 2 aliphatic rings. The Hall–Kier alpha value is -1.58. The van der Waals surface area contributed by atoms with Crippen LogP contribution in [0, 0.1) is 0 Å². The average Bonchev–Trinajstić information content (AvgIpc) is 3.30. The summed E-state index contributed by atoms with van der Waals surface area (Å²) in [5, 5.41) is 0. The quantitative estimate of drug-likeness (QED) is 0.811. The van der Waals surface area contributed by atoms with Crippen LogP contribution in [-0.2, 0) is 14.8 Å². The second kappa shape index (κ2) is 6.62. The van der Waals surface area contributed by atoms with Gasteiger partial charge in [-0.3, -0.25) is 4.79 Å². The van der Waals surface area contributed by atoms with Crippen molar-refractivity contribution < 1.29 is 13.2 Å². The molecule has 2 saturated heterocycles. The van der Waals surface area contributed by atoms with Crippen molar-refractivity contribution in [1.82, 2.24) is 18.0 Å². The normalized spacial score (nSPS) is 22.6. The monoisotopic (exact) mass is 380 g/mol. The number of aromatic nitrogens is 2. The van der Waals surface area contributed by atoms with E-state index in [4.69, 9.17) is 0 Å². The maximum atomic E-state index is 13.2. The highest BCUT2D eigenvalue weighted by atomic mass is 32.2. The predicted molar refractivity (Wildman–Crippen MR) is 94.8 cm³/mol. The molecule has 0 N–H and O–H groups in total. The van der Waals surface area contributed by atoms with Gasteiger partial charge in [0.05, 0.1) is 11.7 Å². The molecule has 0 spiro atoms. The molecular weight excluding hydrogens is 360 g/mol. The SMILES string of the molecule is O=C([C@H]1CCCN1S(=O)(=O)c1cccc2nsnc12)N1CCCCC1. The highest BCUT2D eigenvalue weighted by Gasteiger charge is 2.42. The van der Waals surface area contributed by atoms with Crippen LogP contribution in [0.2, 0.25) is 0 Å². The largest absolute Gasteiger partial charge is 0.341 e. The summed E-state index contributed by atoms with van der Waals surface area (Å²) >= 11 is 0.997. The summed E-state index contributed by atoms with van der Waals surface area (Å²) in [4.78, 5) is 14.9. The van der Waals surface area contributed by atoms with Crippen LogP contribution in [0.25, 0.3) is 11.0 Å². The lowest BCUT2D eigenvalue weighted by Crippen LogP contribution is -2.49. The number of amides is 1. The Morgan fingerprint density at radius 3 is 2.68 bits per heavy atom. The van der Waals surface area contributed by atoms with Crippen LogP contribution in [0.3, 0.4) is 0 Å². The fraction of sp³-hybridized carbons (Fsp3) is 0.562. The Morgan fingerprint density at radius 2 is 1.88 bits per heavy atom. The maximum Gasteiger partial charge on any atom is 0.246 e. The van der Waals surface area contributed by atoms with Gasteiger partial charge < -0.3 is 4.90 Å². The van der Waals surface area contributed by atoms with Crippen molar-refractivity contribution in [3.63, 3.8) is 0 Å². The molecule has 1 atom stereocenters. The number of carbonyl (C=O) groups excluding carboxylic acids is 1. The van der Waals surface area contributed by atoms with Crippen LogP contribution >= 0.6 is 11.7 Å². The predicted octanol–water partition coefficient (Wildman–Crippen LogP) is 1.86. The summed E-state index contributed by atoms with van der Waals surface area (Å²) in [6, 6.07) is 4.39. The van der Waals surface area contributed by atoms with Crippen LogP contribution in [0.1, 0.15) is 32.1 Å². The summed E-state index contributed by atoms with van der Waals surface area (Å²) in [7, 11) is -3.78. The Kier molecular flexibility index (Phi) is 4.47. The third-order valence-electron chi connectivity index (χ3n) is 4.99. The smallest absolute Gasteiger partial charge is 0.246 e. The zero-order chi connectivity index (χ0) is 17.4. The Morgan fingerprint density at radius 1 is 1.08 bits per heavy atom. The van der Waals surface area contributed by atoms with Gasteiger partial charge in [-0.1, -0.05) is 6.07 Å². The third-order valence-corrected chi connectivity index (χ3v) is 7.47. The molecular formula is C16H20N4O3S2. The Labute approximate surface area is 151 Å². The van der Waals surface area contributed by atoms with Crippen LogP contribution in [0.5, 0.6) is 0 Å². The first-order valence-electron chi connectivity index (χ1n) is 8.61. The van der Waals surface area contributed by atoms with E-state index >= 15 is 0 Å². The first-order valence-corrected chi connectivity index (χ1v) is 10.8. The number of carbonyl (C=O) groups is 1. The lowest BCUT2D eigenvalue weighted by molar-refractivity contribution is -0.135. The summed E-state index contributed by atoms with van der Waals surface area (Å²) in [6.45, 7) is 1.84. The molecule has 0 saturated carbocycles. The fourth-order valence-electron chi connectivity index (χ4n) is 3.72. The Balaban J connectivity index is 1.67. The molecule has 1 aromatic carbocycles. The molecule has 0 unspecified atom stereocenters. The van der Waals surface area contributed by atoms with Crippen molar-refractivity contribution in [2.45, 2.75) is 43.0 Å². The van der Waals surface area contributed by atoms with Crippen LogP contribution in [-0.4, -0.2) is 58.0 Å². The minimum Gasteiger partial charge on any atom is -0.341 e. The number of sulfonamides is 1. The first-order chi connectivity index (χ1) is 12.1. The maximum absolute atomic E-state index is 13.2. The van der Waals surface area contributed by atoms with Gasteiger partial charge in [0.2, 0.25) is 15.9 Å². The molecule has 25 heavy (non-hydrogen) atoms. The molecule has 2 aromatic rings. The number of nitrogens with zero attached hydrogens (tertiary/aromatic N) is 4. The molecule has 1 aromatic heterocycles. The van der Waals surface area contributed by atoms with Gasteiger partial charge in [0.1, 0.15) is 22.0 Å². The van der Waals surface area contributed by atoms with E-state index in [-0.39, 0.29) is 10.8 Å². The Bertz CT molecular complexity index is 890. The second-order valence-corrected chi connectivity index (χ2v) is 8.94. The van der Waals surface area contributed by atoms with E-state index in [1.807, 2.05) is 4.90 Å². The third kappa shape index (κ3) is 2.94. The summed E-state index contributed by atoms with van der Waals surface area (Å²) in [5.74, 6) is -0.0515. The van der Waals surface area contributed by atoms with Crippen molar-refractivity contribution in [3.8, 4) is 0 Å². The number of fused-ring (bicyclic) bond motifs is 1. The van der Waals surface area contributed by atoms with Gasteiger partial charge in [-0.2, -0.15) is 13.1 Å². The molecule has 3 heterocycles. The average molecular weight is 380 g/mol. The molecule has 4 rings (SSSR count). The molecule has 7 nitrogen and oxygen atoms in total. The minimum atomic E-state index is -3.78.